The molecule has 0 unspecified atom stereocenters. The van der Waals surface area contributed by atoms with E-state index in [-0.39, 0.29) is 23.7 Å². The third-order valence-corrected chi connectivity index (χ3v) is 6.27. The van der Waals surface area contributed by atoms with E-state index in [4.69, 9.17) is 10.7 Å². The van der Waals surface area contributed by atoms with Gasteiger partial charge in [-0.1, -0.05) is 67.6 Å². The molecule has 0 saturated carbocycles. The minimum atomic E-state index is -1.17. The minimum absolute atomic E-state index is 0.126. The number of carbonyl (C=O) groups excluding carboxylic acids is 2. The van der Waals surface area contributed by atoms with Crippen molar-refractivity contribution in [2.75, 3.05) is 19.6 Å². The summed E-state index contributed by atoms with van der Waals surface area (Å²) in [5, 5.41) is 0. The van der Waals surface area contributed by atoms with Gasteiger partial charge in [0, 0.05) is 26.1 Å². The van der Waals surface area contributed by atoms with Gasteiger partial charge in [0.05, 0.1) is 0 Å². The Labute approximate surface area is 183 Å². The molecule has 6 nitrogen and oxygen atoms in total. The maximum atomic E-state index is 13.9. The van der Waals surface area contributed by atoms with E-state index in [0.29, 0.717) is 19.5 Å². The van der Waals surface area contributed by atoms with Crippen LogP contribution in [0.5, 0.6) is 0 Å². The number of rotatable bonds is 6. The molecule has 1 saturated heterocycles. The van der Waals surface area contributed by atoms with E-state index in [9.17, 15) is 9.59 Å². The second kappa shape index (κ2) is 8.92. The Balaban J connectivity index is 1.61. The van der Waals surface area contributed by atoms with Crippen molar-refractivity contribution in [2.45, 2.75) is 38.1 Å². The highest BCUT2D eigenvalue weighted by molar-refractivity contribution is 6.09. The minimum Gasteiger partial charge on any atom is -0.369 e. The Morgan fingerprint density at radius 1 is 1.10 bits per heavy atom. The van der Waals surface area contributed by atoms with Crippen LogP contribution in [0.3, 0.4) is 0 Å². The molecule has 2 aliphatic heterocycles. The van der Waals surface area contributed by atoms with Crippen LogP contribution >= 0.6 is 0 Å². The van der Waals surface area contributed by atoms with Crippen molar-refractivity contribution >= 4 is 17.8 Å². The molecule has 0 radical (unpaired) electrons. The fourth-order valence-corrected chi connectivity index (χ4v) is 4.73. The Morgan fingerprint density at radius 3 is 2.29 bits per heavy atom. The number of likely N-dealkylation sites (tertiary alicyclic amines) is 1. The lowest BCUT2D eigenvalue weighted by Crippen LogP contribution is -2.49. The third-order valence-electron chi connectivity index (χ3n) is 6.27. The molecule has 1 fully saturated rings. The maximum Gasteiger partial charge on any atom is 0.266 e. The average Bonchev–Trinajstić information content (AvgIpc) is 3.06. The molecule has 4 rings (SSSR count). The molecule has 2 aliphatic rings. The van der Waals surface area contributed by atoms with Crippen LogP contribution in [-0.4, -0.2) is 47.2 Å². The predicted molar refractivity (Wildman–Crippen MR) is 121 cm³/mol. The van der Waals surface area contributed by atoms with E-state index < -0.39 is 5.54 Å². The molecule has 2 aromatic carbocycles. The zero-order chi connectivity index (χ0) is 21.8. The summed E-state index contributed by atoms with van der Waals surface area (Å²) in [5.41, 5.74) is 6.80. The summed E-state index contributed by atoms with van der Waals surface area (Å²) in [4.78, 5) is 34.6. The molecule has 0 aliphatic carbocycles. The quantitative estimate of drug-likeness (QED) is 0.783. The molecule has 2 N–H and O–H groups in total. The SMILES string of the molecule is CCCC(=O)N1CCC[C@@H](CN2C(=O)C(c3ccccc3)(c3ccccc3)N=C2N)C1. The first kappa shape index (κ1) is 21.1. The van der Waals surface area contributed by atoms with E-state index in [1.54, 1.807) is 4.90 Å². The monoisotopic (exact) mass is 418 g/mol. The molecule has 2 aromatic rings. The number of hydrogen-bond acceptors (Lipinski definition) is 4. The molecular weight excluding hydrogens is 388 g/mol. The molecule has 2 heterocycles. The number of amides is 2. The normalized spacial score (nSPS) is 20.6. The van der Waals surface area contributed by atoms with Crippen molar-refractivity contribution in [3.8, 4) is 0 Å². The maximum absolute atomic E-state index is 13.9. The summed E-state index contributed by atoms with van der Waals surface area (Å²) in [6.07, 6.45) is 3.34. The summed E-state index contributed by atoms with van der Waals surface area (Å²) < 4.78 is 0. The van der Waals surface area contributed by atoms with Crippen LogP contribution in [0.25, 0.3) is 0 Å². The number of guanidine groups is 1. The van der Waals surface area contributed by atoms with Gasteiger partial charge in [0.15, 0.2) is 11.5 Å². The first-order valence-corrected chi connectivity index (χ1v) is 11.1. The predicted octanol–water partition coefficient (Wildman–Crippen LogP) is 3.13. The van der Waals surface area contributed by atoms with Crippen molar-refractivity contribution in [1.29, 1.82) is 0 Å². The van der Waals surface area contributed by atoms with Crippen molar-refractivity contribution < 1.29 is 9.59 Å². The Bertz CT molecular complexity index is 919. The van der Waals surface area contributed by atoms with E-state index in [1.807, 2.05) is 72.5 Å². The van der Waals surface area contributed by atoms with Gasteiger partial charge in [0.25, 0.3) is 5.91 Å². The first-order chi connectivity index (χ1) is 15.1. The number of carbonyl (C=O) groups is 2. The van der Waals surface area contributed by atoms with E-state index in [2.05, 4.69) is 0 Å². The van der Waals surface area contributed by atoms with E-state index >= 15 is 0 Å². The number of nitrogens with zero attached hydrogens (tertiary/aromatic N) is 3. The molecule has 6 heteroatoms. The second-order valence-corrected chi connectivity index (χ2v) is 8.43. The van der Waals surface area contributed by atoms with Crippen LogP contribution in [0.4, 0.5) is 0 Å². The van der Waals surface area contributed by atoms with Gasteiger partial charge in [0.1, 0.15) is 0 Å². The average molecular weight is 419 g/mol. The summed E-state index contributed by atoms with van der Waals surface area (Å²) in [6, 6.07) is 19.2. The van der Waals surface area contributed by atoms with E-state index in [1.165, 1.54) is 0 Å². The van der Waals surface area contributed by atoms with Gasteiger partial charge in [0.2, 0.25) is 5.91 Å². The number of aliphatic imine (C=N–C) groups is 1. The number of nitrogens with two attached hydrogens (primary N) is 1. The smallest absolute Gasteiger partial charge is 0.266 e. The zero-order valence-corrected chi connectivity index (χ0v) is 18.0. The van der Waals surface area contributed by atoms with Gasteiger partial charge in [-0.2, -0.15) is 0 Å². The Morgan fingerprint density at radius 2 is 1.71 bits per heavy atom. The molecule has 2 amide bonds. The van der Waals surface area contributed by atoms with Gasteiger partial charge in [-0.25, -0.2) is 4.99 Å². The largest absolute Gasteiger partial charge is 0.369 e. The number of benzene rings is 2. The summed E-state index contributed by atoms with van der Waals surface area (Å²) >= 11 is 0. The molecule has 31 heavy (non-hydrogen) atoms. The molecule has 0 spiro atoms. The Kier molecular flexibility index (Phi) is 6.07. The van der Waals surface area contributed by atoms with E-state index in [0.717, 1.165) is 36.9 Å². The van der Waals surface area contributed by atoms with Crippen molar-refractivity contribution in [1.82, 2.24) is 9.80 Å². The van der Waals surface area contributed by atoms with Crippen LogP contribution in [0.15, 0.2) is 65.7 Å². The highest BCUT2D eigenvalue weighted by Gasteiger charge is 2.50. The number of hydrogen-bond donors (Lipinski definition) is 1. The second-order valence-electron chi connectivity index (χ2n) is 8.43. The number of piperidine rings is 1. The van der Waals surface area contributed by atoms with Crippen molar-refractivity contribution in [3.63, 3.8) is 0 Å². The Hall–Kier alpha value is -3.15. The van der Waals surface area contributed by atoms with Gasteiger partial charge in [-0.05, 0) is 36.3 Å². The fourth-order valence-electron chi connectivity index (χ4n) is 4.73. The van der Waals surface area contributed by atoms with Gasteiger partial charge >= 0.3 is 0 Å². The highest BCUT2D eigenvalue weighted by atomic mass is 16.2. The third kappa shape index (κ3) is 3.94. The lowest BCUT2D eigenvalue weighted by molar-refractivity contribution is -0.133. The van der Waals surface area contributed by atoms with Crippen molar-refractivity contribution in [2.24, 2.45) is 16.6 Å². The highest BCUT2D eigenvalue weighted by Crippen LogP contribution is 2.40. The van der Waals surface area contributed by atoms with Crippen LogP contribution in [0.1, 0.15) is 43.7 Å². The van der Waals surface area contributed by atoms with Gasteiger partial charge in [-0.3, -0.25) is 14.5 Å². The standard InChI is InChI=1S/C25H30N4O2/c1-2-10-22(30)28-16-9-11-19(17-28)18-29-23(31)25(27-24(29)26,20-12-5-3-6-13-20)21-14-7-4-8-15-21/h3-8,12-15,19H,2,9-11,16-18H2,1H3,(H2,26,27)/t19-/m1/s1. The molecule has 0 bridgehead atoms. The fraction of sp³-hybridized carbons (Fsp3) is 0.400. The molecular formula is C25H30N4O2. The van der Waals surface area contributed by atoms with Crippen LogP contribution in [-0.2, 0) is 15.1 Å². The molecule has 162 valence electrons. The summed E-state index contributed by atoms with van der Waals surface area (Å²) in [5.74, 6) is 0.508. The first-order valence-electron chi connectivity index (χ1n) is 11.1. The lowest BCUT2D eigenvalue weighted by Gasteiger charge is -2.35. The van der Waals surface area contributed by atoms with Crippen LogP contribution in [0.2, 0.25) is 0 Å². The molecule has 0 aromatic heterocycles. The summed E-state index contributed by atoms with van der Waals surface area (Å²) in [6.45, 7) is 3.96. The lowest BCUT2D eigenvalue weighted by atomic mass is 9.82. The summed E-state index contributed by atoms with van der Waals surface area (Å²) in [7, 11) is 0. The van der Waals surface area contributed by atoms with Crippen molar-refractivity contribution in [3.05, 3.63) is 71.8 Å². The topological polar surface area (TPSA) is 79.0 Å². The van der Waals surface area contributed by atoms with Crippen LogP contribution in [0, 0.1) is 5.92 Å². The zero-order valence-electron chi connectivity index (χ0n) is 18.0. The van der Waals surface area contributed by atoms with Gasteiger partial charge < -0.3 is 10.6 Å². The molecule has 1 atom stereocenters. The van der Waals surface area contributed by atoms with Crippen LogP contribution < -0.4 is 5.73 Å². The van der Waals surface area contributed by atoms with Gasteiger partial charge in [-0.15, -0.1) is 0 Å².